The molecule has 0 unspecified atom stereocenters. The zero-order valence-corrected chi connectivity index (χ0v) is 15.3. The molecule has 2 amide bonds. The summed E-state index contributed by atoms with van der Waals surface area (Å²) in [6.07, 6.45) is 3.59. The summed E-state index contributed by atoms with van der Waals surface area (Å²) in [5.41, 5.74) is 0.280. The summed E-state index contributed by atoms with van der Waals surface area (Å²) in [6, 6.07) is 5.72. The van der Waals surface area contributed by atoms with Crippen LogP contribution < -0.4 is 14.8 Å². The molecule has 0 aliphatic carbocycles. The summed E-state index contributed by atoms with van der Waals surface area (Å²) in [7, 11) is 0. The SMILES string of the molecule is CC(C)NC(=O)[C@@H]1[C@H]2C(=O)N(Cc3ccc4c(c3)OCO4)C[C@]23C=C[C@H]1O3. The molecule has 2 fully saturated rings. The smallest absolute Gasteiger partial charge is 0.231 e. The van der Waals surface area contributed by atoms with Crippen LogP contribution in [0.1, 0.15) is 19.4 Å². The first-order valence-electron chi connectivity index (χ1n) is 9.32. The zero-order valence-electron chi connectivity index (χ0n) is 15.3. The lowest BCUT2D eigenvalue weighted by atomic mass is 9.76. The quantitative estimate of drug-likeness (QED) is 0.807. The first-order valence-corrected chi connectivity index (χ1v) is 9.32. The van der Waals surface area contributed by atoms with E-state index in [1.165, 1.54) is 0 Å². The normalized spacial score (nSPS) is 32.5. The Hall–Kier alpha value is -2.54. The highest BCUT2D eigenvalue weighted by molar-refractivity contribution is 5.93. The van der Waals surface area contributed by atoms with Gasteiger partial charge in [-0.05, 0) is 31.5 Å². The van der Waals surface area contributed by atoms with Gasteiger partial charge >= 0.3 is 0 Å². The molecule has 0 radical (unpaired) electrons. The maximum Gasteiger partial charge on any atom is 0.231 e. The lowest BCUT2D eigenvalue weighted by Crippen LogP contribution is -2.45. The van der Waals surface area contributed by atoms with Gasteiger partial charge in [0.15, 0.2) is 11.5 Å². The number of ether oxygens (including phenoxy) is 3. The van der Waals surface area contributed by atoms with Crippen molar-refractivity contribution in [3.05, 3.63) is 35.9 Å². The Morgan fingerprint density at radius 3 is 2.96 bits per heavy atom. The largest absolute Gasteiger partial charge is 0.454 e. The van der Waals surface area contributed by atoms with Crippen LogP contribution in [0.15, 0.2) is 30.4 Å². The van der Waals surface area contributed by atoms with Crippen LogP contribution in [0, 0.1) is 11.8 Å². The van der Waals surface area contributed by atoms with Crippen molar-refractivity contribution in [2.75, 3.05) is 13.3 Å². The molecule has 7 heteroatoms. The molecule has 4 atom stereocenters. The second kappa shape index (κ2) is 5.73. The second-order valence-corrected chi connectivity index (χ2v) is 7.95. The van der Waals surface area contributed by atoms with Crippen LogP contribution in [0.4, 0.5) is 0 Å². The van der Waals surface area contributed by atoms with Gasteiger partial charge in [-0.1, -0.05) is 18.2 Å². The number of hydrogen-bond acceptors (Lipinski definition) is 5. The highest BCUT2D eigenvalue weighted by atomic mass is 16.7. The number of carbonyl (C=O) groups is 2. The number of nitrogens with one attached hydrogen (secondary N) is 1. The maximum absolute atomic E-state index is 13.2. The number of fused-ring (bicyclic) bond motifs is 2. The van der Waals surface area contributed by atoms with Crippen LogP contribution in [0.25, 0.3) is 0 Å². The molecule has 1 spiro atoms. The van der Waals surface area contributed by atoms with Gasteiger partial charge in [0.2, 0.25) is 18.6 Å². The summed E-state index contributed by atoms with van der Waals surface area (Å²) in [5.74, 6) is 0.362. The lowest BCUT2D eigenvalue weighted by Gasteiger charge is -2.24. The minimum Gasteiger partial charge on any atom is -0.454 e. The lowest BCUT2D eigenvalue weighted by molar-refractivity contribution is -0.138. The summed E-state index contributed by atoms with van der Waals surface area (Å²) in [5, 5.41) is 2.94. The third-order valence-corrected chi connectivity index (χ3v) is 5.72. The molecule has 1 aromatic carbocycles. The Morgan fingerprint density at radius 2 is 2.15 bits per heavy atom. The van der Waals surface area contributed by atoms with Crippen molar-refractivity contribution in [3.63, 3.8) is 0 Å². The van der Waals surface area contributed by atoms with Crippen LogP contribution in [0.3, 0.4) is 0 Å². The number of nitrogens with zero attached hydrogens (tertiary/aromatic N) is 1. The van der Waals surface area contributed by atoms with E-state index in [0.717, 1.165) is 11.3 Å². The average Bonchev–Trinajstić information content (AvgIpc) is 3.35. The van der Waals surface area contributed by atoms with Crippen LogP contribution in [-0.4, -0.2) is 47.8 Å². The molecule has 0 saturated carbocycles. The van der Waals surface area contributed by atoms with Crippen molar-refractivity contribution in [1.29, 1.82) is 0 Å². The van der Waals surface area contributed by atoms with Gasteiger partial charge < -0.3 is 24.4 Å². The highest BCUT2D eigenvalue weighted by Gasteiger charge is 2.66. The van der Waals surface area contributed by atoms with Crippen LogP contribution in [-0.2, 0) is 20.9 Å². The fourth-order valence-corrected chi connectivity index (χ4v) is 4.65. The fraction of sp³-hybridized carbons (Fsp3) is 0.500. The van der Waals surface area contributed by atoms with Crippen LogP contribution in [0.5, 0.6) is 11.5 Å². The van der Waals surface area contributed by atoms with Crippen LogP contribution in [0.2, 0.25) is 0 Å². The van der Waals surface area contributed by atoms with Crippen molar-refractivity contribution >= 4 is 11.8 Å². The van der Waals surface area contributed by atoms with Gasteiger partial charge in [-0.2, -0.15) is 0 Å². The van der Waals surface area contributed by atoms with Gasteiger partial charge in [0, 0.05) is 12.6 Å². The van der Waals surface area contributed by atoms with E-state index in [2.05, 4.69) is 5.32 Å². The standard InChI is InChI=1S/C20H22N2O5/c1-11(2)21-18(23)16-14-5-6-20(27-14)9-22(19(24)17(16)20)8-12-3-4-13-15(7-12)26-10-25-13/h3-7,11,14,16-17H,8-10H2,1-2H3,(H,21,23)/t14-,16+,17+,20-/m1/s1. The summed E-state index contributed by atoms with van der Waals surface area (Å²) in [4.78, 5) is 27.7. The fourth-order valence-electron chi connectivity index (χ4n) is 4.65. The first-order chi connectivity index (χ1) is 13.0. The van der Waals surface area contributed by atoms with E-state index in [1.54, 1.807) is 4.90 Å². The number of carbonyl (C=O) groups excluding carboxylic acids is 2. The van der Waals surface area contributed by atoms with E-state index >= 15 is 0 Å². The molecule has 2 saturated heterocycles. The Kier molecular flexibility index (Phi) is 3.53. The minimum atomic E-state index is -0.683. The van der Waals surface area contributed by atoms with Gasteiger partial charge in [0.1, 0.15) is 5.60 Å². The van der Waals surface area contributed by atoms with Gasteiger partial charge in [0.25, 0.3) is 0 Å². The van der Waals surface area contributed by atoms with E-state index < -0.39 is 17.4 Å². The van der Waals surface area contributed by atoms with Crippen LogP contribution >= 0.6 is 0 Å². The molecule has 1 N–H and O–H groups in total. The molecule has 4 aliphatic rings. The third kappa shape index (κ3) is 2.45. The number of benzene rings is 1. The molecule has 0 aromatic heterocycles. The number of likely N-dealkylation sites (tertiary alicyclic amines) is 1. The zero-order chi connectivity index (χ0) is 18.8. The van der Waals surface area contributed by atoms with Gasteiger partial charge in [-0.3, -0.25) is 9.59 Å². The molecule has 1 aromatic rings. The summed E-state index contributed by atoms with van der Waals surface area (Å²) < 4.78 is 16.9. The summed E-state index contributed by atoms with van der Waals surface area (Å²) >= 11 is 0. The Morgan fingerprint density at radius 1 is 1.33 bits per heavy atom. The molecule has 27 heavy (non-hydrogen) atoms. The number of amides is 2. The van der Waals surface area contributed by atoms with E-state index in [4.69, 9.17) is 14.2 Å². The molecule has 5 rings (SSSR count). The molecule has 142 valence electrons. The number of hydrogen-bond donors (Lipinski definition) is 1. The Bertz CT molecular complexity index is 851. The second-order valence-electron chi connectivity index (χ2n) is 7.95. The summed E-state index contributed by atoms with van der Waals surface area (Å²) in [6.45, 7) is 4.97. The predicted molar refractivity (Wildman–Crippen MR) is 95.0 cm³/mol. The van der Waals surface area contributed by atoms with Crippen molar-refractivity contribution in [2.45, 2.75) is 38.1 Å². The van der Waals surface area contributed by atoms with Gasteiger partial charge in [-0.25, -0.2) is 0 Å². The van der Waals surface area contributed by atoms with E-state index in [1.807, 2.05) is 44.2 Å². The topological polar surface area (TPSA) is 77.1 Å². The van der Waals surface area contributed by atoms with Crippen molar-refractivity contribution in [2.24, 2.45) is 11.8 Å². The Labute approximate surface area is 157 Å². The molecule has 4 aliphatic heterocycles. The monoisotopic (exact) mass is 370 g/mol. The number of rotatable bonds is 4. The average molecular weight is 370 g/mol. The van der Waals surface area contributed by atoms with Gasteiger partial charge in [-0.15, -0.1) is 0 Å². The van der Waals surface area contributed by atoms with E-state index in [-0.39, 0.29) is 30.8 Å². The van der Waals surface area contributed by atoms with Crippen molar-refractivity contribution < 1.29 is 23.8 Å². The Balaban J connectivity index is 1.38. The minimum absolute atomic E-state index is 0.0246. The molecule has 2 bridgehead atoms. The van der Waals surface area contributed by atoms with E-state index in [9.17, 15) is 9.59 Å². The molecule has 4 heterocycles. The molecule has 7 nitrogen and oxygen atoms in total. The van der Waals surface area contributed by atoms with Crippen molar-refractivity contribution in [3.8, 4) is 11.5 Å². The maximum atomic E-state index is 13.2. The molecular formula is C20H22N2O5. The molecular weight excluding hydrogens is 348 g/mol. The third-order valence-electron chi connectivity index (χ3n) is 5.72. The highest BCUT2D eigenvalue weighted by Crippen LogP contribution is 2.52. The first kappa shape index (κ1) is 16.6. The van der Waals surface area contributed by atoms with Crippen molar-refractivity contribution in [1.82, 2.24) is 10.2 Å². The van der Waals surface area contributed by atoms with E-state index in [0.29, 0.717) is 18.8 Å². The van der Waals surface area contributed by atoms with Gasteiger partial charge in [0.05, 0.1) is 24.5 Å². The predicted octanol–water partition coefficient (Wildman–Crippen LogP) is 1.22.